The van der Waals surface area contributed by atoms with Crippen molar-refractivity contribution in [2.75, 3.05) is 7.11 Å². The molecule has 1 unspecified atom stereocenters. The number of rotatable bonds is 3. The van der Waals surface area contributed by atoms with Gasteiger partial charge in [0.25, 0.3) is 0 Å². The lowest BCUT2D eigenvalue weighted by atomic mass is 9.93. The maximum Gasteiger partial charge on any atom is 0.128 e. The molecule has 0 fully saturated rings. The van der Waals surface area contributed by atoms with Gasteiger partial charge in [-0.15, -0.1) is 0 Å². The third-order valence-electron chi connectivity index (χ3n) is 3.32. The Morgan fingerprint density at radius 2 is 1.90 bits per heavy atom. The molecule has 0 radical (unpaired) electrons. The molecule has 2 nitrogen and oxygen atoms in total. The van der Waals surface area contributed by atoms with Crippen LogP contribution in [0.5, 0.6) is 5.75 Å². The summed E-state index contributed by atoms with van der Waals surface area (Å²) in [5, 5.41) is 0.543. The molecule has 0 spiro atoms. The second-order valence-corrected chi connectivity index (χ2v) is 5.28. The van der Waals surface area contributed by atoms with Crippen molar-refractivity contribution in [3.63, 3.8) is 0 Å². The van der Waals surface area contributed by atoms with Crippen molar-refractivity contribution < 1.29 is 9.13 Å². The van der Waals surface area contributed by atoms with Crippen molar-refractivity contribution in [1.29, 1.82) is 0 Å². The Hall–Kier alpha value is -1.58. The van der Waals surface area contributed by atoms with Crippen LogP contribution in [0.25, 0.3) is 0 Å². The molecule has 2 aromatic carbocycles. The van der Waals surface area contributed by atoms with E-state index >= 15 is 0 Å². The Balaban J connectivity index is 2.57. The van der Waals surface area contributed by atoms with E-state index in [9.17, 15) is 4.39 Å². The summed E-state index contributed by atoms with van der Waals surface area (Å²) >= 11 is 6.01. The topological polar surface area (TPSA) is 35.2 Å². The molecule has 0 saturated carbocycles. The standard InChI is InChI=1S/C16H17ClFNO/c1-9-6-10(2)15(13(18)7-9)16(19)12-8-11(17)4-5-14(12)20-3/h4-8,16H,19H2,1-3H3. The fourth-order valence-electron chi connectivity index (χ4n) is 2.42. The Bertz CT molecular complexity index is 619. The first-order chi connectivity index (χ1) is 9.43. The Morgan fingerprint density at radius 3 is 2.50 bits per heavy atom. The number of methoxy groups -OCH3 is 1. The predicted octanol–water partition coefficient (Wildman–Crippen LogP) is 4.15. The summed E-state index contributed by atoms with van der Waals surface area (Å²) in [4.78, 5) is 0. The first-order valence-electron chi connectivity index (χ1n) is 6.29. The molecule has 0 aliphatic heterocycles. The number of hydrogen-bond donors (Lipinski definition) is 1. The number of ether oxygens (including phenoxy) is 1. The first-order valence-corrected chi connectivity index (χ1v) is 6.67. The number of benzene rings is 2. The Morgan fingerprint density at radius 1 is 1.20 bits per heavy atom. The molecule has 0 heterocycles. The van der Waals surface area contributed by atoms with E-state index < -0.39 is 6.04 Å². The van der Waals surface area contributed by atoms with E-state index in [1.54, 1.807) is 25.3 Å². The van der Waals surface area contributed by atoms with E-state index in [2.05, 4.69) is 0 Å². The zero-order valence-electron chi connectivity index (χ0n) is 11.7. The molecule has 0 aromatic heterocycles. The number of hydrogen-bond acceptors (Lipinski definition) is 2. The van der Waals surface area contributed by atoms with E-state index in [0.29, 0.717) is 21.9 Å². The van der Waals surface area contributed by atoms with Gasteiger partial charge in [0.2, 0.25) is 0 Å². The Labute approximate surface area is 123 Å². The largest absolute Gasteiger partial charge is 0.496 e. The van der Waals surface area contributed by atoms with Gasteiger partial charge in [-0.25, -0.2) is 4.39 Å². The van der Waals surface area contributed by atoms with E-state index in [1.807, 2.05) is 19.9 Å². The average Bonchev–Trinajstić information content (AvgIpc) is 2.37. The molecule has 2 rings (SSSR count). The van der Waals surface area contributed by atoms with Crippen molar-refractivity contribution in [3.8, 4) is 5.75 Å². The van der Waals surface area contributed by atoms with Gasteiger partial charge in [0, 0.05) is 16.1 Å². The monoisotopic (exact) mass is 293 g/mol. The van der Waals surface area contributed by atoms with Crippen LogP contribution in [-0.2, 0) is 0 Å². The van der Waals surface area contributed by atoms with Gasteiger partial charge in [-0.05, 0) is 49.2 Å². The summed E-state index contributed by atoms with van der Waals surface area (Å²) < 4.78 is 19.5. The smallest absolute Gasteiger partial charge is 0.128 e. The maximum absolute atomic E-state index is 14.2. The van der Waals surface area contributed by atoms with Gasteiger partial charge in [0.1, 0.15) is 11.6 Å². The third kappa shape index (κ3) is 2.79. The van der Waals surface area contributed by atoms with Crippen molar-refractivity contribution in [2.24, 2.45) is 5.73 Å². The molecule has 0 bridgehead atoms. The van der Waals surface area contributed by atoms with E-state index in [-0.39, 0.29) is 5.82 Å². The third-order valence-corrected chi connectivity index (χ3v) is 3.55. The minimum Gasteiger partial charge on any atom is -0.496 e. The number of nitrogens with two attached hydrogens (primary N) is 1. The van der Waals surface area contributed by atoms with Crippen molar-refractivity contribution >= 4 is 11.6 Å². The molecule has 106 valence electrons. The summed E-state index contributed by atoms with van der Waals surface area (Å²) in [6, 6.07) is 7.94. The van der Waals surface area contributed by atoms with E-state index in [4.69, 9.17) is 22.1 Å². The lowest BCUT2D eigenvalue weighted by Gasteiger charge is -2.19. The molecule has 0 amide bonds. The fourth-order valence-corrected chi connectivity index (χ4v) is 2.61. The van der Waals surface area contributed by atoms with Crippen LogP contribution in [0.2, 0.25) is 5.02 Å². The zero-order valence-corrected chi connectivity index (χ0v) is 12.5. The van der Waals surface area contributed by atoms with Gasteiger partial charge in [-0.2, -0.15) is 0 Å². The Kier molecular flexibility index (Phi) is 4.31. The highest BCUT2D eigenvalue weighted by Crippen LogP contribution is 2.33. The van der Waals surface area contributed by atoms with E-state index in [0.717, 1.165) is 11.1 Å². The molecule has 0 aliphatic carbocycles. The average molecular weight is 294 g/mol. The quantitative estimate of drug-likeness (QED) is 0.922. The SMILES string of the molecule is COc1ccc(Cl)cc1C(N)c1c(C)cc(C)cc1F. The molecule has 2 aromatic rings. The molecule has 4 heteroatoms. The molecule has 0 aliphatic rings. The highest BCUT2D eigenvalue weighted by molar-refractivity contribution is 6.30. The minimum atomic E-state index is -0.621. The van der Waals surface area contributed by atoms with Gasteiger partial charge in [0.05, 0.1) is 13.2 Å². The molecular weight excluding hydrogens is 277 g/mol. The summed E-state index contributed by atoms with van der Waals surface area (Å²) in [5.74, 6) is 0.290. The molecule has 1 atom stereocenters. The normalized spacial score (nSPS) is 12.3. The summed E-state index contributed by atoms with van der Waals surface area (Å²) in [5.41, 5.74) is 9.06. The lowest BCUT2D eigenvalue weighted by molar-refractivity contribution is 0.407. The van der Waals surface area contributed by atoms with Crippen LogP contribution in [0, 0.1) is 19.7 Å². The van der Waals surface area contributed by atoms with Crippen LogP contribution in [0.1, 0.15) is 28.3 Å². The van der Waals surface area contributed by atoms with Gasteiger partial charge in [-0.3, -0.25) is 0 Å². The number of halogens is 2. The second-order valence-electron chi connectivity index (χ2n) is 4.84. The summed E-state index contributed by atoms with van der Waals surface area (Å²) in [7, 11) is 1.55. The molecule has 0 saturated heterocycles. The van der Waals surface area contributed by atoms with Crippen LogP contribution in [0.3, 0.4) is 0 Å². The van der Waals surface area contributed by atoms with Crippen LogP contribution in [-0.4, -0.2) is 7.11 Å². The summed E-state index contributed by atoms with van der Waals surface area (Å²) in [6.07, 6.45) is 0. The van der Waals surface area contributed by atoms with Crippen LogP contribution in [0.15, 0.2) is 30.3 Å². The van der Waals surface area contributed by atoms with Crippen LogP contribution < -0.4 is 10.5 Å². The van der Waals surface area contributed by atoms with Crippen molar-refractivity contribution in [2.45, 2.75) is 19.9 Å². The molecule has 2 N–H and O–H groups in total. The fraction of sp³-hybridized carbons (Fsp3) is 0.250. The van der Waals surface area contributed by atoms with Crippen molar-refractivity contribution in [3.05, 3.63) is 63.4 Å². The number of aryl methyl sites for hydroxylation is 2. The predicted molar refractivity (Wildman–Crippen MR) is 79.9 cm³/mol. The maximum atomic E-state index is 14.2. The minimum absolute atomic E-state index is 0.308. The van der Waals surface area contributed by atoms with E-state index in [1.165, 1.54) is 6.07 Å². The van der Waals surface area contributed by atoms with Gasteiger partial charge in [0.15, 0.2) is 0 Å². The van der Waals surface area contributed by atoms with Gasteiger partial charge in [-0.1, -0.05) is 17.7 Å². The zero-order chi connectivity index (χ0) is 14.9. The van der Waals surface area contributed by atoms with Crippen molar-refractivity contribution in [1.82, 2.24) is 0 Å². The molecule has 20 heavy (non-hydrogen) atoms. The lowest BCUT2D eigenvalue weighted by Crippen LogP contribution is -2.16. The van der Waals surface area contributed by atoms with Crippen LogP contribution in [0.4, 0.5) is 4.39 Å². The highest BCUT2D eigenvalue weighted by Gasteiger charge is 2.20. The van der Waals surface area contributed by atoms with Crippen LogP contribution >= 0.6 is 11.6 Å². The summed E-state index contributed by atoms with van der Waals surface area (Å²) in [6.45, 7) is 3.70. The van der Waals surface area contributed by atoms with Gasteiger partial charge < -0.3 is 10.5 Å². The highest BCUT2D eigenvalue weighted by atomic mass is 35.5. The first kappa shape index (κ1) is 14.8. The second kappa shape index (κ2) is 5.81. The van der Waals surface area contributed by atoms with Gasteiger partial charge >= 0.3 is 0 Å². The molecular formula is C16H17ClFNO.